The fourth-order valence-corrected chi connectivity index (χ4v) is 10.9. The summed E-state index contributed by atoms with van der Waals surface area (Å²) < 4.78 is 44.1. The van der Waals surface area contributed by atoms with Gasteiger partial charge in [0.1, 0.15) is 46.3 Å². The van der Waals surface area contributed by atoms with Gasteiger partial charge in [-0.1, -0.05) is 25.0 Å². The average molecular weight is 855 g/mol. The van der Waals surface area contributed by atoms with Crippen molar-refractivity contribution in [1.29, 1.82) is 0 Å². The highest BCUT2D eigenvalue weighted by Crippen LogP contribution is 2.73. The summed E-state index contributed by atoms with van der Waals surface area (Å²) >= 11 is 1.47. The van der Waals surface area contributed by atoms with Crippen LogP contribution in [0.4, 0.5) is 9.93 Å². The van der Waals surface area contributed by atoms with Crippen molar-refractivity contribution in [3.63, 3.8) is 0 Å². The number of ether oxygens (including phenoxy) is 3. The molecule has 1 saturated heterocycles. The summed E-state index contributed by atoms with van der Waals surface area (Å²) in [6.07, 6.45) is 6.52. The molecule has 5 atom stereocenters. The van der Waals surface area contributed by atoms with Gasteiger partial charge >= 0.3 is 13.7 Å². The number of alkyl carbamates (subject to hydrolysis) is 1. The Kier molecular flexibility index (Phi) is 14.0. The molecule has 59 heavy (non-hydrogen) atoms. The van der Waals surface area contributed by atoms with Gasteiger partial charge in [0.05, 0.1) is 38.1 Å². The van der Waals surface area contributed by atoms with Crippen molar-refractivity contribution < 1.29 is 42.2 Å². The van der Waals surface area contributed by atoms with E-state index >= 15 is 0 Å². The van der Waals surface area contributed by atoms with E-state index in [4.69, 9.17) is 33.2 Å². The highest BCUT2D eigenvalue weighted by molar-refractivity contribution is 7.56. The van der Waals surface area contributed by atoms with Gasteiger partial charge in [-0.15, -0.1) is 11.3 Å². The Morgan fingerprint density at radius 1 is 1.08 bits per heavy atom. The van der Waals surface area contributed by atoms with Crippen LogP contribution in [0, 0.1) is 5.92 Å². The maximum Gasteiger partial charge on any atom is 0.408 e. The molecule has 3 aliphatic rings. The Bertz CT molecular complexity index is 2060. The number of benzene rings is 1. The molecule has 2 fully saturated rings. The molecule has 322 valence electrons. The Labute approximate surface area is 350 Å². The summed E-state index contributed by atoms with van der Waals surface area (Å²) in [6.45, 7) is 13.1. The first-order valence-corrected chi connectivity index (χ1v) is 23.1. The molecule has 1 saturated carbocycles. The number of nitrogens with one attached hydrogen (secondary N) is 3. The molecular formula is C42H59N6O9PS. The van der Waals surface area contributed by atoms with Gasteiger partial charge in [-0.05, 0) is 86.3 Å². The Hall–Kier alpha value is -4.24. The summed E-state index contributed by atoms with van der Waals surface area (Å²) in [5.41, 5.74) is 1.06. The third kappa shape index (κ3) is 10.4. The van der Waals surface area contributed by atoms with Crippen molar-refractivity contribution >= 4 is 52.9 Å². The number of fused-ring (bicyclic) bond motifs is 3. The van der Waals surface area contributed by atoms with Crippen LogP contribution in [0.5, 0.6) is 11.5 Å². The van der Waals surface area contributed by atoms with Crippen LogP contribution >= 0.6 is 18.9 Å². The monoisotopic (exact) mass is 854 g/mol. The number of hydrogen-bond acceptors (Lipinski definition) is 13. The fraction of sp³-hybridized carbons (Fsp3) is 0.595. The van der Waals surface area contributed by atoms with Gasteiger partial charge in [-0.2, -0.15) is 0 Å². The molecule has 0 bridgehead atoms. The lowest BCUT2D eigenvalue weighted by atomic mass is 10.0. The summed E-state index contributed by atoms with van der Waals surface area (Å²) in [5.74, 6) is -0.135. The molecule has 0 unspecified atom stereocenters. The lowest BCUT2D eigenvalue weighted by Gasteiger charge is -2.32. The summed E-state index contributed by atoms with van der Waals surface area (Å²) in [7, 11) is -2.28. The smallest absolute Gasteiger partial charge is 0.408 e. The Morgan fingerprint density at radius 3 is 2.54 bits per heavy atom. The highest BCUT2D eigenvalue weighted by Gasteiger charge is 2.68. The SMILES string of the molecule is CCOP(=O)(OCC)[C@@]12C[C@@H]1/C=C\CCCCC[C@H](NC(=O)OC(C)(C)C)C(=O)N1C[C@H](Oc3cc(-c4csc(NC(C)C)n4)nc4cc(OC)ccc34)C[C@H]1C(=O)N2. The van der Waals surface area contributed by atoms with E-state index in [0.29, 0.717) is 53.1 Å². The van der Waals surface area contributed by atoms with Crippen LogP contribution < -0.4 is 25.4 Å². The van der Waals surface area contributed by atoms with Crippen molar-refractivity contribution in [3.8, 4) is 22.9 Å². The zero-order chi connectivity index (χ0) is 42.5. The summed E-state index contributed by atoms with van der Waals surface area (Å²) in [6, 6.07) is 5.51. The number of carbonyl (C=O) groups excluding carboxylic acids is 3. The van der Waals surface area contributed by atoms with Crippen LogP contribution in [0.3, 0.4) is 0 Å². The molecule has 2 aliphatic heterocycles. The van der Waals surface area contributed by atoms with Gasteiger partial charge in [0.25, 0.3) is 0 Å². The third-order valence-corrected chi connectivity index (χ3v) is 14.0. The standard InChI is InChI=1S/C42H59N6O9PS/c1-9-54-58(52,55-10-2)42-23-27(42)16-14-12-11-13-15-17-31(46-40(51)57-41(5,6)7)38(50)48-24-29(21-35(48)37(49)47-42)56-36-22-33(34-25-59-39(45-34)43-26(3)4)44-32-20-28(53-8)18-19-30(32)36/h14,16,18-20,22,25-27,29,31,35H,9-13,15,17,21,23-24H2,1-8H3,(H,43,45)(H,46,51)(H,47,49)/b16-14-/t27-,29+,31-,35-,42-/m0/s1. The first-order chi connectivity index (χ1) is 28.1. The molecule has 4 heterocycles. The van der Waals surface area contributed by atoms with E-state index in [-0.39, 0.29) is 38.1 Å². The second-order valence-corrected chi connectivity index (χ2v) is 19.7. The van der Waals surface area contributed by atoms with E-state index in [0.717, 1.165) is 24.4 Å². The lowest BCUT2D eigenvalue weighted by molar-refractivity contribution is -0.140. The van der Waals surface area contributed by atoms with E-state index in [1.165, 1.54) is 16.2 Å². The number of amides is 3. The second kappa shape index (κ2) is 18.6. The maximum absolute atomic E-state index is 14.8. The molecule has 15 nitrogen and oxygen atoms in total. The lowest BCUT2D eigenvalue weighted by Crippen LogP contribution is -2.55. The van der Waals surface area contributed by atoms with E-state index in [1.807, 2.05) is 55.6 Å². The van der Waals surface area contributed by atoms with E-state index in [9.17, 15) is 18.9 Å². The number of rotatable bonds is 12. The predicted molar refractivity (Wildman–Crippen MR) is 228 cm³/mol. The Morgan fingerprint density at radius 2 is 1.85 bits per heavy atom. The quantitative estimate of drug-likeness (QED) is 0.118. The fourth-order valence-electron chi connectivity index (χ4n) is 7.68. The number of methoxy groups -OCH3 is 1. The third-order valence-electron chi connectivity index (χ3n) is 10.4. The van der Waals surface area contributed by atoms with Gasteiger partial charge in [0.2, 0.25) is 11.8 Å². The number of aromatic nitrogens is 2. The van der Waals surface area contributed by atoms with Gasteiger partial charge in [-0.3, -0.25) is 14.2 Å². The molecule has 3 amide bonds. The van der Waals surface area contributed by atoms with Crippen molar-refractivity contribution in [2.75, 3.05) is 32.2 Å². The maximum atomic E-state index is 14.8. The van der Waals surface area contributed by atoms with Crippen LogP contribution in [0.25, 0.3) is 22.3 Å². The second-order valence-electron chi connectivity index (χ2n) is 16.5. The van der Waals surface area contributed by atoms with Crippen LogP contribution in [-0.2, 0) is 27.9 Å². The largest absolute Gasteiger partial charge is 0.497 e. The number of nitrogens with zero attached hydrogens (tertiary/aromatic N) is 3. The van der Waals surface area contributed by atoms with Crippen molar-refractivity contribution in [2.24, 2.45) is 5.92 Å². The number of hydrogen-bond donors (Lipinski definition) is 3. The Balaban J connectivity index is 1.38. The van der Waals surface area contributed by atoms with Gasteiger partial charge in [0.15, 0.2) is 5.13 Å². The molecule has 0 spiro atoms. The summed E-state index contributed by atoms with van der Waals surface area (Å²) in [4.78, 5) is 53.8. The molecule has 1 aromatic carbocycles. The zero-order valence-corrected chi connectivity index (χ0v) is 37.1. The van der Waals surface area contributed by atoms with Gasteiger partial charge in [0, 0.05) is 41.3 Å². The predicted octanol–water partition coefficient (Wildman–Crippen LogP) is 8.05. The minimum atomic E-state index is -3.87. The van der Waals surface area contributed by atoms with E-state index in [1.54, 1.807) is 41.7 Å². The van der Waals surface area contributed by atoms with Crippen LogP contribution in [0.1, 0.15) is 93.4 Å². The molecule has 0 radical (unpaired) electrons. The van der Waals surface area contributed by atoms with Crippen LogP contribution in [0.2, 0.25) is 0 Å². The highest BCUT2D eigenvalue weighted by atomic mass is 32.1. The van der Waals surface area contributed by atoms with E-state index < -0.39 is 54.6 Å². The van der Waals surface area contributed by atoms with Crippen LogP contribution in [0.15, 0.2) is 41.8 Å². The number of carbonyl (C=O) groups is 3. The molecular weight excluding hydrogens is 796 g/mol. The minimum Gasteiger partial charge on any atom is -0.497 e. The molecule has 2 aromatic heterocycles. The van der Waals surface area contributed by atoms with Gasteiger partial charge in [-0.25, -0.2) is 14.8 Å². The average Bonchev–Trinajstić information content (AvgIpc) is 3.44. The van der Waals surface area contributed by atoms with Crippen LogP contribution in [-0.4, -0.2) is 94.8 Å². The first kappa shape index (κ1) is 44.3. The van der Waals surface area contributed by atoms with Crippen molar-refractivity contribution in [2.45, 2.75) is 129 Å². The number of thiazole rings is 1. The molecule has 3 N–H and O–H groups in total. The first-order valence-electron chi connectivity index (χ1n) is 20.6. The van der Waals surface area contributed by atoms with Gasteiger partial charge < -0.3 is 44.1 Å². The number of pyridine rings is 1. The topological polar surface area (TPSA) is 180 Å². The minimum absolute atomic E-state index is 0.0305. The summed E-state index contributed by atoms with van der Waals surface area (Å²) in [5, 5.41) is 11.3. The van der Waals surface area contributed by atoms with Crippen molar-refractivity contribution in [1.82, 2.24) is 25.5 Å². The molecule has 3 aromatic rings. The van der Waals surface area contributed by atoms with E-state index in [2.05, 4.69) is 16.0 Å². The normalized spacial score (nSPS) is 24.7. The van der Waals surface area contributed by atoms with Crippen molar-refractivity contribution in [3.05, 3.63) is 41.8 Å². The molecule has 17 heteroatoms. The zero-order valence-electron chi connectivity index (χ0n) is 35.4. The number of anilines is 1. The molecule has 1 aliphatic carbocycles. The molecule has 6 rings (SSSR count). The number of allylic oxidation sites excluding steroid dienone is 1.